The van der Waals surface area contributed by atoms with Crippen LogP contribution in [0.5, 0.6) is 0 Å². The molecule has 0 unspecified atom stereocenters. The molecule has 0 atom stereocenters. The Morgan fingerprint density at radius 1 is 1.26 bits per heavy atom. The van der Waals surface area contributed by atoms with Crippen molar-refractivity contribution in [1.29, 1.82) is 0 Å². The maximum Gasteiger partial charge on any atom is 0.248 e. The predicted octanol–water partition coefficient (Wildman–Crippen LogP) is 2.35. The summed E-state index contributed by atoms with van der Waals surface area (Å²) >= 11 is 0. The summed E-state index contributed by atoms with van der Waals surface area (Å²) in [6.07, 6.45) is 4.59. The van der Waals surface area contributed by atoms with Crippen molar-refractivity contribution in [1.82, 2.24) is 0 Å². The Morgan fingerprint density at radius 2 is 2.09 bits per heavy atom. The molecule has 1 aromatic carbocycles. The lowest BCUT2D eigenvalue weighted by molar-refractivity contribution is -0.111. The summed E-state index contributed by atoms with van der Waals surface area (Å²) in [5.41, 5.74) is 8.38. The van der Waals surface area contributed by atoms with Gasteiger partial charge in [-0.05, 0) is 36.4 Å². The Morgan fingerprint density at radius 3 is 2.78 bits per heavy atom. The molecule has 6 nitrogen and oxygen atoms in total. The van der Waals surface area contributed by atoms with Gasteiger partial charge in [0.25, 0.3) is 0 Å². The van der Waals surface area contributed by atoms with E-state index in [1.165, 1.54) is 6.08 Å². The molecule has 3 rings (SSSR count). The number of ether oxygens (including phenoxy) is 1. The third-order valence-electron chi connectivity index (χ3n) is 3.59. The van der Waals surface area contributed by atoms with E-state index in [4.69, 9.17) is 14.9 Å². The first-order valence-electron chi connectivity index (χ1n) is 7.47. The molecule has 23 heavy (non-hydrogen) atoms. The van der Waals surface area contributed by atoms with Crippen molar-refractivity contribution in [2.75, 3.05) is 42.3 Å². The van der Waals surface area contributed by atoms with Crippen LogP contribution in [0, 0.1) is 0 Å². The molecule has 0 bridgehead atoms. The number of carbonyl (C=O) groups is 1. The van der Waals surface area contributed by atoms with Gasteiger partial charge in [0.1, 0.15) is 5.76 Å². The highest BCUT2D eigenvalue weighted by Crippen LogP contribution is 2.27. The van der Waals surface area contributed by atoms with Crippen molar-refractivity contribution < 1.29 is 13.9 Å². The molecule has 0 radical (unpaired) electrons. The number of rotatable bonds is 4. The predicted molar refractivity (Wildman–Crippen MR) is 90.3 cm³/mol. The van der Waals surface area contributed by atoms with Gasteiger partial charge in [-0.1, -0.05) is 0 Å². The van der Waals surface area contributed by atoms with Crippen LogP contribution in [-0.4, -0.2) is 32.2 Å². The van der Waals surface area contributed by atoms with Crippen molar-refractivity contribution in [2.45, 2.75) is 0 Å². The highest BCUT2D eigenvalue weighted by atomic mass is 16.5. The van der Waals surface area contributed by atoms with Crippen LogP contribution in [0.4, 0.5) is 17.1 Å². The number of benzene rings is 1. The molecule has 0 aliphatic carbocycles. The SMILES string of the molecule is Nc1cc(NC(=O)/C=C/c2ccco2)ccc1N1CCOCC1. The first-order chi connectivity index (χ1) is 11.2. The van der Waals surface area contributed by atoms with Gasteiger partial charge in [-0.2, -0.15) is 0 Å². The fourth-order valence-electron chi connectivity index (χ4n) is 2.45. The molecule has 6 heteroatoms. The molecule has 1 fully saturated rings. The van der Waals surface area contributed by atoms with Gasteiger partial charge in [0.05, 0.1) is 30.9 Å². The van der Waals surface area contributed by atoms with Crippen molar-refractivity contribution in [3.63, 3.8) is 0 Å². The number of nitrogens with zero attached hydrogens (tertiary/aromatic N) is 1. The molecule has 1 aromatic heterocycles. The first kappa shape index (κ1) is 15.2. The topological polar surface area (TPSA) is 80.7 Å². The lowest BCUT2D eigenvalue weighted by Gasteiger charge is -2.30. The van der Waals surface area contributed by atoms with Crippen LogP contribution in [0.1, 0.15) is 5.76 Å². The number of morpholine rings is 1. The van der Waals surface area contributed by atoms with E-state index in [9.17, 15) is 4.79 Å². The summed E-state index contributed by atoms with van der Waals surface area (Å²) < 4.78 is 10.5. The van der Waals surface area contributed by atoms with E-state index in [1.54, 1.807) is 30.5 Å². The van der Waals surface area contributed by atoms with Crippen molar-refractivity contribution in [2.24, 2.45) is 0 Å². The summed E-state index contributed by atoms with van der Waals surface area (Å²) in [4.78, 5) is 14.1. The zero-order valence-corrected chi connectivity index (χ0v) is 12.7. The van der Waals surface area contributed by atoms with Crippen LogP contribution >= 0.6 is 0 Å². The quantitative estimate of drug-likeness (QED) is 0.669. The maximum absolute atomic E-state index is 11.9. The largest absolute Gasteiger partial charge is 0.465 e. The van der Waals surface area contributed by atoms with Crippen LogP contribution in [0.2, 0.25) is 0 Å². The van der Waals surface area contributed by atoms with E-state index in [-0.39, 0.29) is 5.91 Å². The lowest BCUT2D eigenvalue weighted by atomic mass is 10.2. The number of nitrogens with two attached hydrogens (primary N) is 1. The van der Waals surface area contributed by atoms with Gasteiger partial charge in [0, 0.05) is 24.9 Å². The Labute approximate surface area is 134 Å². The van der Waals surface area contributed by atoms with Gasteiger partial charge < -0.3 is 25.1 Å². The van der Waals surface area contributed by atoms with E-state index < -0.39 is 0 Å². The third kappa shape index (κ3) is 3.92. The fourth-order valence-corrected chi connectivity index (χ4v) is 2.45. The Hall–Kier alpha value is -2.73. The molecule has 0 spiro atoms. The minimum absolute atomic E-state index is 0.236. The maximum atomic E-state index is 11.9. The number of nitrogens with one attached hydrogen (secondary N) is 1. The zero-order chi connectivity index (χ0) is 16.1. The molecule has 0 saturated carbocycles. The van der Waals surface area contributed by atoms with Crippen LogP contribution in [0.3, 0.4) is 0 Å². The number of hydrogen-bond acceptors (Lipinski definition) is 5. The zero-order valence-electron chi connectivity index (χ0n) is 12.7. The monoisotopic (exact) mass is 313 g/mol. The number of nitrogen functional groups attached to an aromatic ring is 1. The molecule has 1 aliphatic rings. The second-order valence-electron chi connectivity index (χ2n) is 5.21. The Kier molecular flexibility index (Phi) is 4.63. The van der Waals surface area contributed by atoms with E-state index in [1.807, 2.05) is 12.1 Å². The third-order valence-corrected chi connectivity index (χ3v) is 3.59. The molecule has 1 amide bonds. The molecule has 120 valence electrons. The lowest BCUT2D eigenvalue weighted by Crippen LogP contribution is -2.36. The van der Waals surface area contributed by atoms with E-state index in [2.05, 4.69) is 10.2 Å². The fraction of sp³-hybridized carbons (Fsp3) is 0.235. The van der Waals surface area contributed by atoms with Gasteiger partial charge in [-0.3, -0.25) is 4.79 Å². The Balaban J connectivity index is 1.64. The minimum atomic E-state index is -0.236. The van der Waals surface area contributed by atoms with Gasteiger partial charge in [0.2, 0.25) is 5.91 Å². The summed E-state index contributed by atoms with van der Waals surface area (Å²) in [7, 11) is 0. The smallest absolute Gasteiger partial charge is 0.248 e. The van der Waals surface area contributed by atoms with Crippen LogP contribution in [0.25, 0.3) is 6.08 Å². The molecule has 2 aromatic rings. The number of carbonyl (C=O) groups excluding carboxylic acids is 1. The number of amides is 1. The summed E-state index contributed by atoms with van der Waals surface area (Å²) in [6.45, 7) is 3.05. The number of anilines is 3. The first-order valence-corrected chi connectivity index (χ1v) is 7.47. The average molecular weight is 313 g/mol. The highest BCUT2D eigenvalue weighted by molar-refractivity contribution is 6.02. The average Bonchev–Trinajstić information content (AvgIpc) is 3.07. The van der Waals surface area contributed by atoms with Gasteiger partial charge >= 0.3 is 0 Å². The summed E-state index contributed by atoms with van der Waals surface area (Å²) in [5, 5.41) is 2.78. The molecule has 1 aliphatic heterocycles. The molecular formula is C17H19N3O3. The standard InChI is InChI=1S/C17H19N3O3/c18-15-12-13(3-5-16(15)20-7-10-22-11-8-20)19-17(21)6-4-14-2-1-9-23-14/h1-6,9,12H,7-8,10-11,18H2,(H,19,21)/b6-4+. The van der Waals surface area contributed by atoms with Gasteiger partial charge in [0.15, 0.2) is 0 Å². The van der Waals surface area contributed by atoms with E-state index >= 15 is 0 Å². The van der Waals surface area contributed by atoms with Gasteiger partial charge in [-0.25, -0.2) is 0 Å². The van der Waals surface area contributed by atoms with Crippen LogP contribution in [-0.2, 0) is 9.53 Å². The molecular weight excluding hydrogens is 294 g/mol. The number of furan rings is 1. The number of hydrogen-bond donors (Lipinski definition) is 2. The highest BCUT2D eigenvalue weighted by Gasteiger charge is 2.14. The summed E-state index contributed by atoms with van der Waals surface area (Å²) in [5.74, 6) is 0.391. The molecule has 3 N–H and O–H groups in total. The van der Waals surface area contributed by atoms with Gasteiger partial charge in [-0.15, -0.1) is 0 Å². The minimum Gasteiger partial charge on any atom is -0.465 e. The second kappa shape index (κ2) is 7.02. The van der Waals surface area contributed by atoms with Crippen LogP contribution in [0.15, 0.2) is 47.1 Å². The molecule has 2 heterocycles. The van der Waals surface area contributed by atoms with Crippen molar-refractivity contribution in [3.05, 3.63) is 48.4 Å². The Bertz CT molecular complexity index is 689. The molecule has 1 saturated heterocycles. The van der Waals surface area contributed by atoms with Crippen molar-refractivity contribution in [3.8, 4) is 0 Å². The van der Waals surface area contributed by atoms with E-state index in [0.717, 1.165) is 18.8 Å². The normalized spacial score (nSPS) is 15.0. The second-order valence-corrected chi connectivity index (χ2v) is 5.21. The summed E-state index contributed by atoms with van der Waals surface area (Å²) in [6, 6.07) is 9.08. The van der Waals surface area contributed by atoms with Crippen molar-refractivity contribution >= 4 is 29.0 Å². The van der Waals surface area contributed by atoms with Crippen LogP contribution < -0.4 is 16.0 Å². The van der Waals surface area contributed by atoms with E-state index in [0.29, 0.717) is 30.3 Å².